The molecule has 2 aromatic carbocycles. The zero-order valence-electron chi connectivity index (χ0n) is 11.6. The number of halogens is 2. The summed E-state index contributed by atoms with van der Waals surface area (Å²) in [5, 5.41) is 10.6. The zero-order valence-corrected chi connectivity index (χ0v) is 13.2. The number of hydrogen-bond donors (Lipinski definition) is 1. The molecule has 0 saturated heterocycles. The minimum absolute atomic E-state index is 0.107. The summed E-state index contributed by atoms with van der Waals surface area (Å²) in [4.78, 5) is 9.59. The summed E-state index contributed by atoms with van der Waals surface area (Å²) in [7, 11) is -2.93. The molecule has 0 heterocycles. The smallest absolute Gasteiger partial charge is 0.271 e. The molecule has 0 amide bonds. The van der Waals surface area contributed by atoms with Crippen molar-refractivity contribution in [1.29, 1.82) is 0 Å². The third-order valence-electron chi connectivity index (χ3n) is 2.83. The van der Waals surface area contributed by atoms with Crippen molar-refractivity contribution >= 4 is 33.0 Å². The van der Waals surface area contributed by atoms with Gasteiger partial charge in [-0.15, -0.1) is 0 Å². The number of nitro benzene ring substituents is 1. The highest BCUT2D eigenvalue weighted by atomic mass is 35.5. The Hall–Kier alpha value is -2.39. The van der Waals surface area contributed by atoms with Crippen molar-refractivity contribution < 1.29 is 22.5 Å². The van der Waals surface area contributed by atoms with E-state index in [1.54, 1.807) is 0 Å². The maximum absolute atomic E-state index is 13.7. The molecule has 2 rings (SSSR count). The lowest BCUT2D eigenvalue weighted by molar-refractivity contribution is -0.384. The number of hydrogen-bond acceptors (Lipinski definition) is 5. The van der Waals surface area contributed by atoms with Gasteiger partial charge in [-0.25, -0.2) is 12.8 Å². The lowest BCUT2D eigenvalue weighted by Gasteiger charge is -2.11. The van der Waals surface area contributed by atoms with Gasteiger partial charge in [-0.05, 0) is 18.2 Å². The highest BCUT2D eigenvalue weighted by molar-refractivity contribution is 7.92. The molecule has 0 unspecified atom stereocenters. The van der Waals surface area contributed by atoms with Gasteiger partial charge in [0.15, 0.2) is 0 Å². The number of methoxy groups -OCH3 is 1. The van der Waals surface area contributed by atoms with Gasteiger partial charge in [0.1, 0.15) is 16.5 Å². The van der Waals surface area contributed by atoms with Crippen molar-refractivity contribution in [3.63, 3.8) is 0 Å². The van der Waals surface area contributed by atoms with E-state index in [2.05, 4.69) is 0 Å². The van der Waals surface area contributed by atoms with Crippen LogP contribution < -0.4 is 9.46 Å². The molecule has 122 valence electrons. The first-order chi connectivity index (χ1) is 10.7. The highest BCUT2D eigenvalue weighted by Gasteiger charge is 2.22. The molecule has 7 nitrogen and oxygen atoms in total. The molecule has 0 aliphatic rings. The summed E-state index contributed by atoms with van der Waals surface area (Å²) < 4.78 is 45.2. The third-order valence-corrected chi connectivity index (χ3v) is 4.68. The van der Waals surface area contributed by atoms with Crippen LogP contribution in [0, 0.1) is 15.9 Å². The van der Waals surface area contributed by atoms with E-state index in [-0.39, 0.29) is 15.7 Å². The van der Waals surface area contributed by atoms with Crippen LogP contribution >= 0.6 is 11.6 Å². The number of nitrogens with one attached hydrogen (secondary N) is 1. The Morgan fingerprint density at radius 3 is 2.57 bits per heavy atom. The van der Waals surface area contributed by atoms with Crippen LogP contribution in [0.25, 0.3) is 0 Å². The molecule has 1 N–H and O–H groups in total. The van der Waals surface area contributed by atoms with Gasteiger partial charge < -0.3 is 4.74 Å². The number of anilines is 1. The molecule has 2 aromatic rings. The maximum Gasteiger partial charge on any atom is 0.271 e. The Morgan fingerprint density at radius 1 is 1.26 bits per heavy atom. The lowest BCUT2D eigenvalue weighted by Crippen LogP contribution is -2.15. The number of benzene rings is 2. The molecular formula is C13H10ClFN2O5S. The van der Waals surface area contributed by atoms with Crippen molar-refractivity contribution in [2.75, 3.05) is 11.8 Å². The van der Waals surface area contributed by atoms with Crippen LogP contribution in [0.15, 0.2) is 41.3 Å². The molecule has 0 fully saturated rings. The molecule has 0 aliphatic carbocycles. The van der Waals surface area contributed by atoms with Gasteiger partial charge in [0.05, 0.1) is 22.7 Å². The van der Waals surface area contributed by atoms with Gasteiger partial charge in [-0.3, -0.25) is 14.8 Å². The van der Waals surface area contributed by atoms with Crippen LogP contribution in [0.1, 0.15) is 0 Å². The molecule has 0 radical (unpaired) electrons. The second-order valence-electron chi connectivity index (χ2n) is 4.32. The van der Waals surface area contributed by atoms with Crippen molar-refractivity contribution in [3.05, 3.63) is 57.4 Å². The van der Waals surface area contributed by atoms with Gasteiger partial charge >= 0.3 is 0 Å². The quantitative estimate of drug-likeness (QED) is 0.652. The lowest BCUT2D eigenvalue weighted by atomic mass is 10.3. The van der Waals surface area contributed by atoms with E-state index in [4.69, 9.17) is 16.3 Å². The SMILES string of the molecule is COc1ccc(Cl)c(S(=O)(=O)Nc2cc([N+](=O)[O-])ccc2F)c1. The number of sulfonamides is 1. The summed E-state index contributed by atoms with van der Waals surface area (Å²) >= 11 is 5.85. The van der Waals surface area contributed by atoms with E-state index in [0.29, 0.717) is 0 Å². The fourth-order valence-electron chi connectivity index (χ4n) is 1.72. The van der Waals surface area contributed by atoms with Gasteiger partial charge in [0.25, 0.3) is 15.7 Å². The topological polar surface area (TPSA) is 98.5 Å². The van der Waals surface area contributed by atoms with Gasteiger partial charge in [-0.1, -0.05) is 11.6 Å². The Morgan fingerprint density at radius 2 is 1.96 bits per heavy atom. The van der Waals surface area contributed by atoms with Crippen molar-refractivity contribution in [1.82, 2.24) is 0 Å². The molecule has 0 spiro atoms. The minimum Gasteiger partial charge on any atom is -0.497 e. The predicted molar refractivity (Wildman–Crippen MR) is 81.9 cm³/mol. The standard InChI is InChI=1S/C13H10ClFN2O5S/c1-22-9-3-4-10(14)13(7-9)23(20,21)16-12-6-8(17(18)19)2-5-11(12)15/h2-7,16H,1H3. The van der Waals surface area contributed by atoms with Gasteiger partial charge in [0.2, 0.25) is 0 Å². The van der Waals surface area contributed by atoms with Crippen LogP contribution in [0.4, 0.5) is 15.8 Å². The van der Waals surface area contributed by atoms with E-state index >= 15 is 0 Å². The third kappa shape index (κ3) is 3.69. The molecular weight excluding hydrogens is 351 g/mol. The van der Waals surface area contributed by atoms with Crippen LogP contribution in [0.5, 0.6) is 5.75 Å². The minimum atomic E-state index is -4.27. The molecule has 0 aromatic heterocycles. The summed E-state index contributed by atoms with van der Waals surface area (Å²) in [6.45, 7) is 0. The average Bonchev–Trinajstić information content (AvgIpc) is 2.49. The largest absolute Gasteiger partial charge is 0.497 e. The fraction of sp³-hybridized carbons (Fsp3) is 0.0769. The van der Waals surface area contributed by atoms with E-state index in [1.165, 1.54) is 19.2 Å². The Kier molecular flexibility index (Phi) is 4.71. The van der Waals surface area contributed by atoms with Crippen LogP contribution in [0.2, 0.25) is 5.02 Å². The van der Waals surface area contributed by atoms with E-state index < -0.39 is 32.1 Å². The second kappa shape index (κ2) is 6.39. The first kappa shape index (κ1) is 17.0. The summed E-state index contributed by atoms with van der Waals surface area (Å²) in [6, 6.07) is 6.41. The first-order valence-electron chi connectivity index (χ1n) is 6.05. The summed E-state index contributed by atoms with van der Waals surface area (Å²) in [6.07, 6.45) is 0. The molecule has 23 heavy (non-hydrogen) atoms. The van der Waals surface area contributed by atoms with Crippen molar-refractivity contribution in [3.8, 4) is 5.75 Å². The van der Waals surface area contributed by atoms with Crippen molar-refractivity contribution in [2.45, 2.75) is 4.90 Å². The first-order valence-corrected chi connectivity index (χ1v) is 7.91. The summed E-state index contributed by atoms with van der Waals surface area (Å²) in [5.74, 6) is -0.729. The van der Waals surface area contributed by atoms with Crippen LogP contribution in [-0.2, 0) is 10.0 Å². The van der Waals surface area contributed by atoms with Gasteiger partial charge in [-0.2, -0.15) is 0 Å². The monoisotopic (exact) mass is 360 g/mol. The number of non-ortho nitro benzene ring substituents is 1. The Balaban J connectivity index is 2.47. The zero-order chi connectivity index (χ0) is 17.2. The normalized spacial score (nSPS) is 11.1. The maximum atomic E-state index is 13.7. The van der Waals surface area contributed by atoms with Gasteiger partial charge in [0, 0.05) is 18.2 Å². The Bertz CT molecular complexity index is 873. The van der Waals surface area contributed by atoms with E-state index in [0.717, 1.165) is 24.3 Å². The number of nitro groups is 1. The van der Waals surface area contributed by atoms with E-state index in [9.17, 15) is 22.9 Å². The summed E-state index contributed by atoms with van der Waals surface area (Å²) in [5.41, 5.74) is -1.01. The Labute approximate surface area is 135 Å². The van der Waals surface area contributed by atoms with Crippen LogP contribution in [-0.4, -0.2) is 20.5 Å². The van der Waals surface area contributed by atoms with Crippen LogP contribution in [0.3, 0.4) is 0 Å². The molecule has 10 heteroatoms. The molecule has 0 atom stereocenters. The molecule has 0 aliphatic heterocycles. The van der Waals surface area contributed by atoms with Crippen molar-refractivity contribution in [2.24, 2.45) is 0 Å². The predicted octanol–water partition coefficient (Wildman–Crippen LogP) is 3.20. The molecule has 0 bridgehead atoms. The number of rotatable bonds is 5. The molecule has 0 saturated carbocycles. The average molecular weight is 361 g/mol. The fourth-order valence-corrected chi connectivity index (χ4v) is 3.30. The number of ether oxygens (including phenoxy) is 1. The highest BCUT2D eigenvalue weighted by Crippen LogP contribution is 2.29. The van der Waals surface area contributed by atoms with E-state index in [1.807, 2.05) is 4.72 Å². The number of nitrogens with zero attached hydrogens (tertiary/aromatic N) is 1. The second-order valence-corrected chi connectivity index (χ2v) is 6.38.